The first-order valence-electron chi connectivity index (χ1n) is 4.13. The number of carbonyl (C=O) groups excluding carboxylic acids is 1. The van der Waals surface area contributed by atoms with Crippen molar-refractivity contribution in [1.82, 2.24) is 4.98 Å². The van der Waals surface area contributed by atoms with E-state index >= 15 is 0 Å². The van der Waals surface area contributed by atoms with Crippen LogP contribution in [0.5, 0.6) is 0 Å². The average molecular weight is 315 g/mol. The van der Waals surface area contributed by atoms with Crippen molar-refractivity contribution < 1.29 is 18.3 Å². The zero-order valence-electron chi connectivity index (χ0n) is 8.14. The molecule has 88 valence electrons. The highest BCUT2D eigenvalue weighted by molar-refractivity contribution is 9.10. The molecule has 0 atom stereocenters. The van der Waals surface area contributed by atoms with Crippen LogP contribution in [-0.2, 0) is 10.6 Å². The normalized spacial score (nSPS) is 10.6. The number of methoxy groups -OCH3 is 1. The summed E-state index contributed by atoms with van der Waals surface area (Å²) in [6, 6.07) is 1.25. The third-order valence-electron chi connectivity index (χ3n) is 1.83. The molecule has 0 saturated carbocycles. The smallest absolute Gasteiger partial charge is 0.339 e. The number of rotatable bonds is 3. The van der Waals surface area contributed by atoms with E-state index in [2.05, 4.69) is 25.7 Å². The van der Waals surface area contributed by atoms with Gasteiger partial charge in [-0.1, -0.05) is 0 Å². The van der Waals surface area contributed by atoms with E-state index in [-0.39, 0.29) is 16.0 Å². The third kappa shape index (κ3) is 2.68. The molecule has 3 nitrogen and oxygen atoms in total. The van der Waals surface area contributed by atoms with E-state index in [1.54, 1.807) is 0 Å². The maximum absolute atomic E-state index is 12.6. The summed E-state index contributed by atoms with van der Waals surface area (Å²) in [7, 11) is 1.11. The van der Waals surface area contributed by atoms with Crippen molar-refractivity contribution in [3.8, 4) is 0 Å². The van der Waals surface area contributed by atoms with Gasteiger partial charge in [0.2, 0.25) is 0 Å². The summed E-state index contributed by atoms with van der Waals surface area (Å²) in [6.45, 7) is 0. The number of aromatic nitrogens is 1. The lowest BCUT2D eigenvalue weighted by Crippen LogP contribution is -2.09. The highest BCUT2D eigenvalue weighted by atomic mass is 79.9. The van der Waals surface area contributed by atoms with E-state index in [0.29, 0.717) is 5.56 Å². The molecule has 0 aliphatic carbocycles. The predicted molar refractivity (Wildman–Crippen MR) is 57.8 cm³/mol. The highest BCUT2D eigenvalue weighted by Gasteiger charge is 2.22. The maximum Gasteiger partial charge on any atom is 0.339 e. The van der Waals surface area contributed by atoms with Gasteiger partial charge in [0.15, 0.2) is 0 Å². The number of alkyl halides is 3. The zero-order valence-corrected chi connectivity index (χ0v) is 10.5. The first-order valence-corrected chi connectivity index (χ1v) is 5.45. The van der Waals surface area contributed by atoms with E-state index in [1.165, 1.54) is 6.07 Å². The number of hydrogen-bond donors (Lipinski definition) is 0. The molecule has 0 saturated heterocycles. The summed E-state index contributed by atoms with van der Waals surface area (Å²) < 4.78 is 29.8. The van der Waals surface area contributed by atoms with Crippen LogP contribution in [0.15, 0.2) is 10.7 Å². The number of nitrogens with zero attached hydrogens (tertiary/aromatic N) is 1. The van der Waals surface area contributed by atoms with Crippen molar-refractivity contribution in [2.75, 3.05) is 7.11 Å². The molecule has 1 heterocycles. The van der Waals surface area contributed by atoms with Gasteiger partial charge in [0, 0.05) is 5.56 Å². The van der Waals surface area contributed by atoms with Crippen molar-refractivity contribution in [1.29, 1.82) is 0 Å². The molecular weight excluding hydrogens is 307 g/mol. The minimum Gasteiger partial charge on any atom is -0.465 e. The molecule has 0 fully saturated rings. The summed E-state index contributed by atoms with van der Waals surface area (Å²) in [4.78, 5) is 14.9. The largest absolute Gasteiger partial charge is 0.465 e. The van der Waals surface area contributed by atoms with Crippen molar-refractivity contribution in [2.24, 2.45) is 0 Å². The lowest BCUT2D eigenvalue weighted by atomic mass is 10.1. The van der Waals surface area contributed by atoms with Crippen LogP contribution >= 0.6 is 27.5 Å². The number of esters is 1. The Labute approximate surface area is 104 Å². The Balaban J connectivity index is 3.36. The topological polar surface area (TPSA) is 39.2 Å². The fraction of sp³-hybridized carbons (Fsp3) is 0.333. The molecule has 0 aromatic carbocycles. The van der Waals surface area contributed by atoms with Crippen molar-refractivity contribution >= 4 is 33.5 Å². The second-order valence-corrected chi connectivity index (χ2v) is 3.82. The molecule has 0 N–H and O–H groups in total. The van der Waals surface area contributed by atoms with Gasteiger partial charge in [0.05, 0.1) is 18.6 Å². The quantitative estimate of drug-likeness (QED) is 0.488. The van der Waals surface area contributed by atoms with Gasteiger partial charge in [0.25, 0.3) is 6.43 Å². The molecule has 0 aliphatic rings. The van der Waals surface area contributed by atoms with Gasteiger partial charge < -0.3 is 4.74 Å². The molecule has 0 radical (unpaired) electrons. The molecule has 0 amide bonds. The molecular formula is C9H7BrClF2NO2. The predicted octanol–water partition coefficient (Wildman–Crippen LogP) is 3.31. The first-order chi connectivity index (χ1) is 7.51. The van der Waals surface area contributed by atoms with Gasteiger partial charge in [-0.05, 0) is 22.0 Å². The molecule has 1 aromatic heterocycles. The summed E-state index contributed by atoms with van der Waals surface area (Å²) in [6.07, 6.45) is -2.85. The average Bonchev–Trinajstić information content (AvgIpc) is 2.27. The Morgan fingerprint density at radius 1 is 1.69 bits per heavy atom. The molecule has 0 bridgehead atoms. The minimum absolute atomic E-state index is 0.0566. The maximum atomic E-state index is 12.6. The zero-order chi connectivity index (χ0) is 12.3. The number of hydrogen-bond acceptors (Lipinski definition) is 3. The van der Waals surface area contributed by atoms with Crippen LogP contribution in [0, 0.1) is 0 Å². The van der Waals surface area contributed by atoms with Crippen LogP contribution in [-0.4, -0.2) is 18.1 Å². The number of halogens is 4. The molecule has 16 heavy (non-hydrogen) atoms. The van der Waals surface area contributed by atoms with Crippen LogP contribution in [0.2, 0.25) is 0 Å². The lowest BCUT2D eigenvalue weighted by molar-refractivity contribution is 0.0587. The van der Waals surface area contributed by atoms with Crippen LogP contribution in [0.3, 0.4) is 0 Å². The van der Waals surface area contributed by atoms with Gasteiger partial charge in [-0.3, -0.25) is 0 Å². The van der Waals surface area contributed by atoms with Gasteiger partial charge >= 0.3 is 5.97 Å². The number of ether oxygens (including phenoxy) is 1. The standard InChI is InChI=1S/C9H7BrClF2NO2/c1-16-9(15)5-2-4(3-11)7(10)14-6(5)8(12)13/h2,8H,3H2,1H3. The Morgan fingerprint density at radius 3 is 2.75 bits per heavy atom. The number of carbonyl (C=O) groups is 1. The van der Waals surface area contributed by atoms with Crippen LogP contribution in [0.1, 0.15) is 28.0 Å². The van der Waals surface area contributed by atoms with Crippen molar-refractivity contribution in [3.05, 3.63) is 27.5 Å². The summed E-state index contributed by atoms with van der Waals surface area (Å²) in [5, 5.41) is 0. The van der Waals surface area contributed by atoms with Crippen LogP contribution in [0.25, 0.3) is 0 Å². The molecule has 1 aromatic rings. The monoisotopic (exact) mass is 313 g/mol. The number of pyridine rings is 1. The van der Waals surface area contributed by atoms with E-state index in [0.717, 1.165) is 7.11 Å². The van der Waals surface area contributed by atoms with Gasteiger partial charge in [0.1, 0.15) is 10.3 Å². The van der Waals surface area contributed by atoms with Crippen LogP contribution < -0.4 is 0 Å². The van der Waals surface area contributed by atoms with Gasteiger partial charge in [-0.25, -0.2) is 18.6 Å². The lowest BCUT2D eigenvalue weighted by Gasteiger charge is -2.09. The summed E-state index contributed by atoms with van der Waals surface area (Å²) in [5.41, 5.74) is -0.435. The molecule has 1 rings (SSSR count). The van der Waals surface area contributed by atoms with E-state index in [1.807, 2.05) is 0 Å². The summed E-state index contributed by atoms with van der Waals surface area (Å²) >= 11 is 8.57. The summed E-state index contributed by atoms with van der Waals surface area (Å²) in [5.74, 6) is -0.803. The van der Waals surface area contributed by atoms with E-state index in [9.17, 15) is 13.6 Å². The fourth-order valence-electron chi connectivity index (χ4n) is 1.08. The molecule has 0 unspecified atom stereocenters. The Hall–Kier alpha value is -0.750. The van der Waals surface area contributed by atoms with E-state index < -0.39 is 18.1 Å². The van der Waals surface area contributed by atoms with E-state index in [4.69, 9.17) is 11.6 Å². The van der Waals surface area contributed by atoms with Crippen LogP contribution in [0.4, 0.5) is 8.78 Å². The highest BCUT2D eigenvalue weighted by Crippen LogP contribution is 2.27. The Bertz CT molecular complexity index is 415. The first kappa shape index (κ1) is 13.3. The minimum atomic E-state index is -2.85. The second-order valence-electron chi connectivity index (χ2n) is 2.80. The third-order valence-corrected chi connectivity index (χ3v) is 2.81. The SMILES string of the molecule is COC(=O)c1cc(CCl)c(Br)nc1C(F)F. The van der Waals surface area contributed by atoms with Gasteiger partial charge in [-0.2, -0.15) is 0 Å². The fourth-order valence-corrected chi connectivity index (χ4v) is 1.89. The van der Waals surface area contributed by atoms with Gasteiger partial charge in [-0.15, -0.1) is 11.6 Å². The Morgan fingerprint density at radius 2 is 2.31 bits per heavy atom. The molecule has 0 aliphatic heterocycles. The molecule has 7 heteroatoms. The van der Waals surface area contributed by atoms with Crippen molar-refractivity contribution in [2.45, 2.75) is 12.3 Å². The molecule has 0 spiro atoms. The second kappa shape index (κ2) is 5.54. The van der Waals surface area contributed by atoms with Crippen molar-refractivity contribution in [3.63, 3.8) is 0 Å². The Kier molecular flexibility index (Phi) is 4.61.